The summed E-state index contributed by atoms with van der Waals surface area (Å²) in [6.07, 6.45) is -4.47. The van der Waals surface area contributed by atoms with Crippen molar-refractivity contribution in [2.75, 3.05) is 6.61 Å². The van der Waals surface area contributed by atoms with Crippen molar-refractivity contribution in [2.45, 2.75) is 13.1 Å². The number of para-hydroxylation sites is 1. The first-order chi connectivity index (χ1) is 8.52. The van der Waals surface area contributed by atoms with Crippen LogP contribution in [0.2, 0.25) is 0 Å². The molecular formula is C12H11F3N2O. The summed E-state index contributed by atoms with van der Waals surface area (Å²) in [5.41, 5.74) is -0.507. The summed E-state index contributed by atoms with van der Waals surface area (Å²) < 4.78 is 44.5. The van der Waals surface area contributed by atoms with Crippen molar-refractivity contribution >= 4 is 0 Å². The second-order valence-corrected chi connectivity index (χ2v) is 3.55. The van der Waals surface area contributed by atoms with Crippen molar-refractivity contribution in [1.82, 2.24) is 9.78 Å². The van der Waals surface area contributed by atoms with E-state index in [9.17, 15) is 13.2 Å². The first kappa shape index (κ1) is 12.5. The fourth-order valence-corrected chi connectivity index (χ4v) is 1.55. The Morgan fingerprint density at radius 3 is 2.44 bits per heavy atom. The van der Waals surface area contributed by atoms with E-state index in [1.54, 1.807) is 37.3 Å². The number of benzene rings is 1. The minimum atomic E-state index is -4.47. The molecule has 3 nitrogen and oxygen atoms in total. The molecule has 0 radical (unpaired) electrons. The van der Waals surface area contributed by atoms with E-state index in [0.29, 0.717) is 5.69 Å². The first-order valence-corrected chi connectivity index (χ1v) is 5.38. The van der Waals surface area contributed by atoms with Crippen LogP contribution in [0.3, 0.4) is 0 Å². The number of nitrogens with zero attached hydrogens (tertiary/aromatic N) is 2. The summed E-state index contributed by atoms with van der Waals surface area (Å²) >= 11 is 0. The normalized spacial score (nSPS) is 11.6. The van der Waals surface area contributed by atoms with Crippen molar-refractivity contribution in [3.63, 3.8) is 0 Å². The summed E-state index contributed by atoms with van der Waals surface area (Å²) in [5, 5.41) is 3.81. The molecule has 0 aliphatic carbocycles. The lowest BCUT2D eigenvalue weighted by molar-refractivity contribution is -0.142. The van der Waals surface area contributed by atoms with E-state index < -0.39 is 11.9 Å². The van der Waals surface area contributed by atoms with Crippen LogP contribution >= 0.6 is 0 Å². The van der Waals surface area contributed by atoms with Crippen LogP contribution in [0.15, 0.2) is 36.4 Å². The summed E-state index contributed by atoms with van der Waals surface area (Å²) in [6, 6.07) is 9.03. The van der Waals surface area contributed by atoms with E-state index in [4.69, 9.17) is 4.74 Å². The monoisotopic (exact) mass is 256 g/mol. The third-order valence-electron chi connectivity index (χ3n) is 2.27. The number of hydrogen-bond donors (Lipinski definition) is 0. The molecule has 0 N–H and O–H groups in total. The van der Waals surface area contributed by atoms with E-state index in [-0.39, 0.29) is 12.5 Å². The smallest absolute Gasteiger partial charge is 0.433 e. The summed E-state index contributed by atoms with van der Waals surface area (Å²) in [5.74, 6) is -0.0336. The Morgan fingerprint density at radius 2 is 1.89 bits per heavy atom. The highest BCUT2D eigenvalue weighted by atomic mass is 19.4. The lowest BCUT2D eigenvalue weighted by Gasteiger charge is -2.09. The third kappa shape index (κ3) is 2.47. The zero-order chi connectivity index (χ0) is 13.2. The molecule has 0 unspecified atom stereocenters. The van der Waals surface area contributed by atoms with Crippen LogP contribution in [-0.4, -0.2) is 16.4 Å². The molecule has 2 aromatic rings. The Labute approximate surface area is 102 Å². The molecule has 0 saturated carbocycles. The van der Waals surface area contributed by atoms with Crippen molar-refractivity contribution in [2.24, 2.45) is 0 Å². The van der Waals surface area contributed by atoms with Crippen LogP contribution < -0.4 is 4.74 Å². The van der Waals surface area contributed by atoms with Gasteiger partial charge in [0.25, 0.3) is 0 Å². The molecule has 96 valence electrons. The Morgan fingerprint density at radius 1 is 1.22 bits per heavy atom. The van der Waals surface area contributed by atoms with Gasteiger partial charge in [0.15, 0.2) is 5.69 Å². The lowest BCUT2D eigenvalue weighted by Crippen LogP contribution is -2.13. The maximum Gasteiger partial charge on any atom is 0.433 e. The zero-order valence-corrected chi connectivity index (χ0v) is 9.61. The minimum absolute atomic E-state index is 0.0336. The van der Waals surface area contributed by atoms with Crippen LogP contribution in [-0.2, 0) is 6.18 Å². The van der Waals surface area contributed by atoms with Gasteiger partial charge in [-0.2, -0.15) is 13.2 Å². The standard InChI is InChI=1S/C12H11F3N2O/c1-2-18-11-8-10(12(13,14)15)17(16-11)9-6-4-3-5-7-9/h3-8H,2H2,1H3. The predicted molar refractivity (Wildman–Crippen MR) is 59.7 cm³/mol. The second kappa shape index (κ2) is 4.72. The van der Waals surface area contributed by atoms with Gasteiger partial charge in [0.05, 0.1) is 12.3 Å². The summed E-state index contributed by atoms with van der Waals surface area (Å²) in [7, 11) is 0. The van der Waals surface area contributed by atoms with Crippen molar-refractivity contribution < 1.29 is 17.9 Å². The first-order valence-electron chi connectivity index (χ1n) is 5.38. The molecule has 1 heterocycles. The fourth-order valence-electron chi connectivity index (χ4n) is 1.55. The number of rotatable bonds is 3. The number of hydrogen-bond acceptors (Lipinski definition) is 2. The van der Waals surface area contributed by atoms with Gasteiger partial charge >= 0.3 is 6.18 Å². The SMILES string of the molecule is CCOc1cc(C(F)(F)F)n(-c2ccccc2)n1. The highest BCUT2D eigenvalue weighted by molar-refractivity contribution is 5.35. The zero-order valence-electron chi connectivity index (χ0n) is 9.61. The van der Waals surface area contributed by atoms with Crippen LogP contribution in [0.5, 0.6) is 5.88 Å². The molecule has 1 aromatic heterocycles. The highest BCUT2D eigenvalue weighted by Gasteiger charge is 2.36. The second-order valence-electron chi connectivity index (χ2n) is 3.55. The maximum atomic E-state index is 12.9. The van der Waals surface area contributed by atoms with Crippen molar-refractivity contribution in [1.29, 1.82) is 0 Å². The van der Waals surface area contributed by atoms with Gasteiger partial charge in [-0.25, -0.2) is 4.68 Å². The van der Waals surface area contributed by atoms with Crippen molar-refractivity contribution in [3.05, 3.63) is 42.1 Å². The molecular weight excluding hydrogens is 245 g/mol. The van der Waals surface area contributed by atoms with E-state index in [1.165, 1.54) is 0 Å². The Balaban J connectivity index is 2.51. The quantitative estimate of drug-likeness (QED) is 0.842. The lowest BCUT2D eigenvalue weighted by atomic mass is 10.3. The van der Waals surface area contributed by atoms with Gasteiger partial charge in [-0.15, -0.1) is 5.10 Å². The molecule has 1 aromatic carbocycles. The predicted octanol–water partition coefficient (Wildman–Crippen LogP) is 3.29. The summed E-state index contributed by atoms with van der Waals surface area (Å²) in [6.45, 7) is 1.96. The topological polar surface area (TPSA) is 27.1 Å². The van der Waals surface area contributed by atoms with E-state index in [1.807, 2.05) is 0 Å². The van der Waals surface area contributed by atoms with Gasteiger partial charge in [-0.3, -0.25) is 0 Å². The van der Waals surface area contributed by atoms with Gasteiger partial charge in [-0.05, 0) is 19.1 Å². The van der Waals surface area contributed by atoms with E-state index in [2.05, 4.69) is 5.10 Å². The third-order valence-corrected chi connectivity index (χ3v) is 2.27. The van der Waals surface area contributed by atoms with Gasteiger partial charge in [0.1, 0.15) is 0 Å². The van der Waals surface area contributed by atoms with Crippen LogP contribution in [0.4, 0.5) is 13.2 Å². The molecule has 0 saturated heterocycles. The molecule has 0 aliphatic rings. The Hall–Kier alpha value is -1.98. The van der Waals surface area contributed by atoms with Crippen LogP contribution in [0.25, 0.3) is 5.69 Å². The molecule has 0 bridgehead atoms. The average molecular weight is 256 g/mol. The fraction of sp³-hybridized carbons (Fsp3) is 0.250. The molecule has 0 fully saturated rings. The Kier molecular flexibility index (Phi) is 3.27. The molecule has 0 amide bonds. The molecule has 0 atom stereocenters. The number of halogens is 3. The average Bonchev–Trinajstić information content (AvgIpc) is 2.75. The van der Waals surface area contributed by atoms with Gasteiger partial charge in [0, 0.05) is 6.07 Å². The number of ether oxygens (including phenoxy) is 1. The Bertz CT molecular complexity index is 520. The van der Waals surface area contributed by atoms with E-state index in [0.717, 1.165) is 10.7 Å². The van der Waals surface area contributed by atoms with Crippen molar-refractivity contribution in [3.8, 4) is 11.6 Å². The molecule has 18 heavy (non-hydrogen) atoms. The molecule has 0 spiro atoms. The van der Waals surface area contributed by atoms with Gasteiger partial charge < -0.3 is 4.74 Å². The number of alkyl halides is 3. The largest absolute Gasteiger partial charge is 0.477 e. The van der Waals surface area contributed by atoms with Gasteiger partial charge in [-0.1, -0.05) is 18.2 Å². The van der Waals surface area contributed by atoms with E-state index >= 15 is 0 Å². The van der Waals surface area contributed by atoms with Crippen LogP contribution in [0, 0.1) is 0 Å². The number of aromatic nitrogens is 2. The molecule has 0 aliphatic heterocycles. The molecule has 2 rings (SSSR count). The summed E-state index contributed by atoms with van der Waals surface area (Å²) in [4.78, 5) is 0. The highest BCUT2D eigenvalue weighted by Crippen LogP contribution is 2.33. The van der Waals surface area contributed by atoms with Crippen LogP contribution in [0.1, 0.15) is 12.6 Å². The van der Waals surface area contributed by atoms with Gasteiger partial charge in [0.2, 0.25) is 5.88 Å². The minimum Gasteiger partial charge on any atom is -0.477 e. The maximum absolute atomic E-state index is 12.9. The molecule has 6 heteroatoms.